The summed E-state index contributed by atoms with van der Waals surface area (Å²) in [6.45, 7) is 1.62. The van der Waals surface area contributed by atoms with E-state index < -0.39 is 33.8 Å². The molecule has 0 aliphatic carbocycles. The van der Waals surface area contributed by atoms with Gasteiger partial charge in [-0.3, -0.25) is 9.10 Å². The summed E-state index contributed by atoms with van der Waals surface area (Å²) in [7, 11) is -2.72. The zero-order chi connectivity index (χ0) is 21.8. The summed E-state index contributed by atoms with van der Waals surface area (Å²) in [6.07, 6.45) is 1.04. The van der Waals surface area contributed by atoms with Gasteiger partial charge in [-0.05, 0) is 36.8 Å². The molecule has 10 heteroatoms. The van der Waals surface area contributed by atoms with Gasteiger partial charge in [-0.1, -0.05) is 30.7 Å². The van der Waals surface area contributed by atoms with E-state index in [0.717, 1.165) is 22.7 Å². The fraction of sp³-hybridized carbons (Fsp3) is 0.263. The molecule has 2 aromatic rings. The van der Waals surface area contributed by atoms with Gasteiger partial charge in [0.25, 0.3) is 0 Å². The lowest BCUT2D eigenvalue weighted by Gasteiger charge is -2.30. The van der Waals surface area contributed by atoms with E-state index in [1.165, 1.54) is 25.3 Å². The predicted octanol–water partition coefficient (Wildman–Crippen LogP) is 3.45. The number of amides is 1. The highest BCUT2D eigenvalue weighted by molar-refractivity contribution is 7.92. The molecule has 0 spiro atoms. The summed E-state index contributed by atoms with van der Waals surface area (Å²) in [6, 6.07) is 8.38. The van der Waals surface area contributed by atoms with E-state index in [0.29, 0.717) is 0 Å². The smallest absolute Gasteiger partial charge is 0.339 e. The molecule has 0 aliphatic heterocycles. The standard InChI is InChI=1S/C19H20ClFN2O5S/c1-4-17(18(24)22-16-8-6-5-7-13(16)19(25)28-2)23(29(3,26)27)12-9-10-15(21)14(20)11-12/h5-11,17H,4H2,1-3H3,(H,22,24). The van der Waals surface area contributed by atoms with Crippen LogP contribution in [0.1, 0.15) is 23.7 Å². The number of halogens is 2. The van der Waals surface area contributed by atoms with Crippen LogP contribution in [0.3, 0.4) is 0 Å². The Bertz CT molecular complexity index is 1030. The van der Waals surface area contributed by atoms with Gasteiger partial charge in [0.1, 0.15) is 11.9 Å². The molecule has 1 N–H and O–H groups in total. The quantitative estimate of drug-likeness (QED) is 0.663. The number of sulfonamides is 1. The van der Waals surface area contributed by atoms with Crippen molar-refractivity contribution in [2.75, 3.05) is 23.0 Å². The molecule has 0 heterocycles. The Morgan fingerprint density at radius 3 is 2.45 bits per heavy atom. The molecule has 1 atom stereocenters. The second-order valence-corrected chi connectivity index (χ2v) is 8.37. The summed E-state index contributed by atoms with van der Waals surface area (Å²) in [5, 5.41) is 2.30. The molecule has 156 valence electrons. The van der Waals surface area contributed by atoms with Crippen molar-refractivity contribution in [3.05, 3.63) is 58.9 Å². The number of nitrogens with one attached hydrogen (secondary N) is 1. The fourth-order valence-electron chi connectivity index (χ4n) is 2.78. The monoisotopic (exact) mass is 442 g/mol. The molecule has 2 rings (SSSR count). The van der Waals surface area contributed by atoms with Gasteiger partial charge in [-0.2, -0.15) is 0 Å². The van der Waals surface area contributed by atoms with Gasteiger partial charge in [0, 0.05) is 0 Å². The van der Waals surface area contributed by atoms with Gasteiger partial charge in [-0.15, -0.1) is 0 Å². The first-order valence-corrected chi connectivity index (χ1v) is 10.8. The number of methoxy groups -OCH3 is 1. The number of benzene rings is 2. The van der Waals surface area contributed by atoms with E-state index in [2.05, 4.69) is 5.32 Å². The molecule has 0 saturated carbocycles. The molecule has 0 aliphatic rings. The van der Waals surface area contributed by atoms with Crippen molar-refractivity contribution in [2.45, 2.75) is 19.4 Å². The molecule has 1 unspecified atom stereocenters. The second-order valence-electron chi connectivity index (χ2n) is 6.11. The van der Waals surface area contributed by atoms with Gasteiger partial charge in [-0.25, -0.2) is 17.6 Å². The highest BCUT2D eigenvalue weighted by Gasteiger charge is 2.32. The Balaban J connectivity index is 2.45. The summed E-state index contributed by atoms with van der Waals surface area (Å²) in [5.41, 5.74) is 0.337. The van der Waals surface area contributed by atoms with Crippen molar-refractivity contribution in [3.8, 4) is 0 Å². The van der Waals surface area contributed by atoms with Crippen LogP contribution >= 0.6 is 11.6 Å². The van der Waals surface area contributed by atoms with Crippen LogP contribution in [0.15, 0.2) is 42.5 Å². The maximum atomic E-state index is 13.5. The molecule has 29 heavy (non-hydrogen) atoms. The number of carbonyl (C=O) groups excluding carboxylic acids is 2. The van der Waals surface area contributed by atoms with E-state index >= 15 is 0 Å². The fourth-order valence-corrected chi connectivity index (χ4v) is 4.16. The Hall–Kier alpha value is -2.65. The Morgan fingerprint density at radius 2 is 1.90 bits per heavy atom. The topological polar surface area (TPSA) is 92.8 Å². The predicted molar refractivity (Wildman–Crippen MR) is 109 cm³/mol. The molecule has 1 amide bonds. The Kier molecular flexibility index (Phi) is 7.21. The van der Waals surface area contributed by atoms with Crippen LogP contribution in [-0.2, 0) is 19.6 Å². The number of anilines is 2. The van der Waals surface area contributed by atoms with Crippen LogP contribution in [0, 0.1) is 5.82 Å². The molecule has 0 bridgehead atoms. The van der Waals surface area contributed by atoms with E-state index in [-0.39, 0.29) is 28.4 Å². The summed E-state index contributed by atoms with van der Waals surface area (Å²) >= 11 is 5.79. The molecular formula is C19H20ClFN2O5S. The first-order valence-electron chi connectivity index (χ1n) is 8.52. The van der Waals surface area contributed by atoms with Crippen LogP contribution < -0.4 is 9.62 Å². The average molecular weight is 443 g/mol. The molecule has 7 nitrogen and oxygen atoms in total. The third kappa shape index (κ3) is 5.24. The lowest BCUT2D eigenvalue weighted by Crippen LogP contribution is -2.47. The number of rotatable bonds is 7. The van der Waals surface area contributed by atoms with E-state index in [4.69, 9.17) is 16.3 Å². The van der Waals surface area contributed by atoms with E-state index in [9.17, 15) is 22.4 Å². The van der Waals surface area contributed by atoms with E-state index in [1.807, 2.05) is 0 Å². The minimum Gasteiger partial charge on any atom is -0.465 e. The number of hydrogen-bond donors (Lipinski definition) is 1. The largest absolute Gasteiger partial charge is 0.465 e. The highest BCUT2D eigenvalue weighted by Crippen LogP contribution is 2.28. The zero-order valence-corrected chi connectivity index (χ0v) is 17.6. The van der Waals surface area contributed by atoms with Crippen molar-refractivity contribution in [2.24, 2.45) is 0 Å². The third-order valence-electron chi connectivity index (χ3n) is 4.08. The number of para-hydroxylation sites is 1. The minimum absolute atomic E-state index is 0.0437. The van der Waals surface area contributed by atoms with Gasteiger partial charge in [0.15, 0.2) is 0 Å². The Labute approximate surface area is 173 Å². The SMILES string of the molecule is CCC(C(=O)Nc1ccccc1C(=O)OC)N(c1ccc(F)c(Cl)c1)S(C)(=O)=O. The maximum absolute atomic E-state index is 13.5. The summed E-state index contributed by atoms with van der Waals surface area (Å²) in [4.78, 5) is 24.9. The van der Waals surface area contributed by atoms with Crippen LogP contribution in [-0.4, -0.2) is 39.7 Å². The van der Waals surface area contributed by atoms with Crippen molar-refractivity contribution in [1.29, 1.82) is 0 Å². The molecule has 0 saturated heterocycles. The molecule has 0 fully saturated rings. The number of nitrogens with zero attached hydrogens (tertiary/aromatic N) is 1. The van der Waals surface area contributed by atoms with Gasteiger partial charge in [0.2, 0.25) is 15.9 Å². The summed E-state index contributed by atoms with van der Waals surface area (Å²) in [5.74, 6) is -2.04. The highest BCUT2D eigenvalue weighted by atomic mass is 35.5. The lowest BCUT2D eigenvalue weighted by atomic mass is 10.1. The average Bonchev–Trinajstić information content (AvgIpc) is 2.67. The molecule has 0 radical (unpaired) electrons. The minimum atomic E-state index is -3.93. The van der Waals surface area contributed by atoms with Gasteiger partial charge < -0.3 is 10.1 Å². The van der Waals surface area contributed by atoms with E-state index in [1.54, 1.807) is 19.1 Å². The number of carbonyl (C=O) groups is 2. The summed E-state index contributed by atoms with van der Waals surface area (Å²) < 4.78 is 44.0. The molecular weight excluding hydrogens is 423 g/mol. The lowest BCUT2D eigenvalue weighted by molar-refractivity contribution is -0.117. The number of hydrogen-bond acceptors (Lipinski definition) is 5. The van der Waals surface area contributed by atoms with Crippen molar-refractivity contribution < 1.29 is 27.1 Å². The first-order chi connectivity index (χ1) is 13.6. The van der Waals surface area contributed by atoms with Crippen LogP contribution in [0.5, 0.6) is 0 Å². The van der Waals surface area contributed by atoms with Crippen LogP contribution in [0.25, 0.3) is 0 Å². The van der Waals surface area contributed by atoms with Gasteiger partial charge in [0.05, 0.1) is 35.3 Å². The van der Waals surface area contributed by atoms with Crippen LogP contribution in [0.4, 0.5) is 15.8 Å². The van der Waals surface area contributed by atoms with Crippen LogP contribution in [0.2, 0.25) is 5.02 Å². The molecule has 0 aromatic heterocycles. The van der Waals surface area contributed by atoms with Crippen molar-refractivity contribution in [1.82, 2.24) is 0 Å². The maximum Gasteiger partial charge on any atom is 0.339 e. The first kappa shape index (κ1) is 22.6. The molecule has 2 aromatic carbocycles. The number of ether oxygens (including phenoxy) is 1. The third-order valence-corrected chi connectivity index (χ3v) is 5.55. The van der Waals surface area contributed by atoms with Crippen molar-refractivity contribution >= 4 is 44.9 Å². The zero-order valence-electron chi connectivity index (χ0n) is 16.0. The second kappa shape index (κ2) is 9.23. The van der Waals surface area contributed by atoms with Gasteiger partial charge >= 0.3 is 5.97 Å². The Morgan fingerprint density at radius 1 is 1.24 bits per heavy atom. The van der Waals surface area contributed by atoms with Crippen molar-refractivity contribution in [3.63, 3.8) is 0 Å². The normalized spacial score (nSPS) is 12.2. The number of esters is 1.